The monoisotopic (exact) mass is 441 g/mol. The van der Waals surface area contributed by atoms with E-state index in [0.717, 1.165) is 30.2 Å². The fourth-order valence-electron chi connectivity index (χ4n) is 4.58. The second kappa shape index (κ2) is 9.30. The van der Waals surface area contributed by atoms with Gasteiger partial charge in [-0.15, -0.1) is 17.9 Å². The van der Waals surface area contributed by atoms with Gasteiger partial charge in [-0.2, -0.15) is 0 Å². The molecule has 0 aliphatic carbocycles. The molecule has 3 heterocycles. The molecule has 1 spiro atoms. The number of amides is 1. The standard InChI is InChI=1S/C23H27N3O4S/c1-3-13-30-26-20(27)14-19(22(28)29-2)23(26)9-11-25(12-10-23)16-18-15-24-21(31-18)17-7-5-4-6-8-17/h3-8,15,19H,1,9-14,16H2,2H3/t19-/m1/s1. The molecule has 0 saturated carbocycles. The predicted molar refractivity (Wildman–Crippen MR) is 118 cm³/mol. The number of methoxy groups -OCH3 is 1. The summed E-state index contributed by atoms with van der Waals surface area (Å²) in [6.07, 6.45) is 4.97. The topological polar surface area (TPSA) is 72.0 Å². The maximum absolute atomic E-state index is 12.6. The van der Waals surface area contributed by atoms with E-state index >= 15 is 0 Å². The van der Waals surface area contributed by atoms with E-state index in [4.69, 9.17) is 9.57 Å². The van der Waals surface area contributed by atoms with Gasteiger partial charge in [-0.3, -0.25) is 19.3 Å². The quantitative estimate of drug-likeness (QED) is 0.485. The van der Waals surface area contributed by atoms with Gasteiger partial charge in [0.15, 0.2) is 0 Å². The number of carbonyl (C=O) groups is 2. The molecular weight excluding hydrogens is 414 g/mol. The number of hydroxylamine groups is 2. The van der Waals surface area contributed by atoms with Crippen molar-refractivity contribution < 1.29 is 19.2 Å². The van der Waals surface area contributed by atoms with Crippen LogP contribution >= 0.6 is 11.3 Å². The molecule has 1 aromatic heterocycles. The molecule has 4 rings (SSSR count). The number of hydrogen-bond donors (Lipinski definition) is 0. The molecule has 2 aromatic rings. The van der Waals surface area contributed by atoms with Gasteiger partial charge >= 0.3 is 5.97 Å². The van der Waals surface area contributed by atoms with Gasteiger partial charge in [-0.1, -0.05) is 36.4 Å². The fourth-order valence-corrected chi connectivity index (χ4v) is 5.54. The van der Waals surface area contributed by atoms with Gasteiger partial charge in [0, 0.05) is 42.7 Å². The van der Waals surface area contributed by atoms with Crippen molar-refractivity contribution in [3.8, 4) is 10.6 Å². The highest BCUT2D eigenvalue weighted by molar-refractivity contribution is 7.15. The average Bonchev–Trinajstić information content (AvgIpc) is 3.37. The van der Waals surface area contributed by atoms with Crippen molar-refractivity contribution in [2.24, 2.45) is 5.92 Å². The lowest BCUT2D eigenvalue weighted by Crippen LogP contribution is -2.57. The number of likely N-dealkylation sites (tertiary alicyclic amines) is 1. The van der Waals surface area contributed by atoms with Crippen LogP contribution < -0.4 is 0 Å². The molecule has 0 N–H and O–H groups in total. The Balaban J connectivity index is 1.45. The van der Waals surface area contributed by atoms with Crippen molar-refractivity contribution >= 4 is 23.2 Å². The maximum Gasteiger partial charge on any atom is 0.311 e. The predicted octanol–water partition coefficient (Wildman–Crippen LogP) is 3.28. The van der Waals surface area contributed by atoms with Crippen LogP contribution in [-0.4, -0.2) is 59.2 Å². The normalized spacial score (nSPS) is 20.9. The molecule has 8 heteroatoms. The summed E-state index contributed by atoms with van der Waals surface area (Å²) in [5.74, 6) is -1.02. The summed E-state index contributed by atoms with van der Waals surface area (Å²) in [5, 5.41) is 2.45. The number of ether oxygens (including phenoxy) is 1. The first kappa shape index (κ1) is 21.7. The van der Waals surface area contributed by atoms with Crippen LogP contribution in [0, 0.1) is 5.92 Å². The van der Waals surface area contributed by atoms with E-state index in [1.54, 1.807) is 17.4 Å². The third kappa shape index (κ3) is 4.28. The lowest BCUT2D eigenvalue weighted by molar-refractivity contribution is -0.218. The highest BCUT2D eigenvalue weighted by Gasteiger charge is 2.58. The first-order valence-corrected chi connectivity index (χ1v) is 11.3. The van der Waals surface area contributed by atoms with Gasteiger partial charge in [0.2, 0.25) is 5.91 Å². The summed E-state index contributed by atoms with van der Waals surface area (Å²) in [5.41, 5.74) is 0.462. The van der Waals surface area contributed by atoms with E-state index in [1.165, 1.54) is 17.1 Å². The summed E-state index contributed by atoms with van der Waals surface area (Å²) in [4.78, 5) is 38.9. The molecule has 7 nitrogen and oxygen atoms in total. The number of rotatable bonds is 7. The minimum atomic E-state index is -0.660. The Kier molecular flexibility index (Phi) is 6.50. The smallest absolute Gasteiger partial charge is 0.311 e. The summed E-state index contributed by atoms with van der Waals surface area (Å²) in [7, 11) is 1.37. The van der Waals surface area contributed by atoms with Crippen molar-refractivity contribution in [3.05, 3.63) is 54.1 Å². The lowest BCUT2D eigenvalue weighted by Gasteiger charge is -2.45. The van der Waals surface area contributed by atoms with Crippen LogP contribution in [-0.2, 0) is 25.7 Å². The van der Waals surface area contributed by atoms with E-state index in [2.05, 4.69) is 28.6 Å². The van der Waals surface area contributed by atoms with Gasteiger partial charge < -0.3 is 4.74 Å². The number of thiazole rings is 1. The minimum Gasteiger partial charge on any atom is -0.469 e. The number of nitrogens with zero attached hydrogens (tertiary/aromatic N) is 3. The Morgan fingerprint density at radius 2 is 2.06 bits per heavy atom. The first-order valence-electron chi connectivity index (χ1n) is 10.4. The van der Waals surface area contributed by atoms with Gasteiger partial charge in [-0.05, 0) is 12.8 Å². The molecule has 0 radical (unpaired) electrons. The molecule has 164 valence electrons. The van der Waals surface area contributed by atoms with E-state index in [9.17, 15) is 9.59 Å². The summed E-state index contributed by atoms with van der Waals surface area (Å²) in [6, 6.07) is 10.2. The molecule has 0 unspecified atom stereocenters. The van der Waals surface area contributed by atoms with Crippen molar-refractivity contribution in [2.75, 3.05) is 26.8 Å². The highest BCUT2D eigenvalue weighted by Crippen LogP contribution is 2.44. The molecule has 2 aliphatic heterocycles. The second-order valence-electron chi connectivity index (χ2n) is 7.93. The summed E-state index contributed by atoms with van der Waals surface area (Å²) in [6.45, 7) is 6.21. The average molecular weight is 442 g/mol. The van der Waals surface area contributed by atoms with E-state index < -0.39 is 11.5 Å². The van der Waals surface area contributed by atoms with E-state index in [1.807, 2.05) is 24.4 Å². The van der Waals surface area contributed by atoms with Crippen LogP contribution in [0.5, 0.6) is 0 Å². The number of esters is 1. The van der Waals surface area contributed by atoms with E-state index in [-0.39, 0.29) is 24.9 Å². The van der Waals surface area contributed by atoms with Crippen LogP contribution in [0.4, 0.5) is 0 Å². The summed E-state index contributed by atoms with van der Waals surface area (Å²) >= 11 is 1.70. The summed E-state index contributed by atoms with van der Waals surface area (Å²) < 4.78 is 5.02. The molecule has 2 fully saturated rings. The SMILES string of the molecule is C=CCON1C(=O)C[C@H](C(=O)OC)C12CCN(Cc1cnc(-c3ccccc3)s1)CC2. The number of hydrogen-bond acceptors (Lipinski definition) is 7. The number of benzene rings is 1. The zero-order valence-corrected chi connectivity index (χ0v) is 18.5. The van der Waals surface area contributed by atoms with Crippen LogP contribution in [0.15, 0.2) is 49.2 Å². The Labute approximate surface area is 186 Å². The molecule has 1 aromatic carbocycles. The van der Waals surface area contributed by atoms with Crippen LogP contribution in [0.25, 0.3) is 10.6 Å². The maximum atomic E-state index is 12.6. The van der Waals surface area contributed by atoms with Gasteiger partial charge in [0.1, 0.15) is 5.01 Å². The number of piperidine rings is 1. The molecule has 1 atom stereocenters. The van der Waals surface area contributed by atoms with Crippen molar-refractivity contribution in [2.45, 2.75) is 31.3 Å². The zero-order chi connectivity index (χ0) is 21.8. The molecule has 1 amide bonds. The third-order valence-corrected chi connectivity index (χ3v) is 7.17. The second-order valence-corrected chi connectivity index (χ2v) is 9.05. The minimum absolute atomic E-state index is 0.124. The zero-order valence-electron chi connectivity index (χ0n) is 17.7. The van der Waals surface area contributed by atoms with E-state index in [0.29, 0.717) is 12.8 Å². The lowest BCUT2D eigenvalue weighted by atomic mass is 9.77. The Morgan fingerprint density at radius 1 is 1.32 bits per heavy atom. The largest absolute Gasteiger partial charge is 0.469 e. The number of carbonyl (C=O) groups excluding carboxylic acids is 2. The van der Waals surface area contributed by atoms with Crippen molar-refractivity contribution in [1.29, 1.82) is 0 Å². The fraction of sp³-hybridized carbons (Fsp3) is 0.435. The first-order chi connectivity index (χ1) is 15.1. The Bertz CT molecular complexity index is 937. The molecule has 2 aliphatic rings. The molecule has 0 bridgehead atoms. The highest BCUT2D eigenvalue weighted by atomic mass is 32.1. The van der Waals surface area contributed by atoms with Crippen LogP contribution in [0.3, 0.4) is 0 Å². The van der Waals surface area contributed by atoms with Crippen molar-refractivity contribution in [3.63, 3.8) is 0 Å². The van der Waals surface area contributed by atoms with Crippen LogP contribution in [0.2, 0.25) is 0 Å². The Morgan fingerprint density at radius 3 is 2.74 bits per heavy atom. The Hall–Kier alpha value is -2.55. The van der Waals surface area contributed by atoms with Crippen LogP contribution in [0.1, 0.15) is 24.1 Å². The van der Waals surface area contributed by atoms with Gasteiger partial charge in [0.25, 0.3) is 0 Å². The third-order valence-electron chi connectivity index (χ3n) is 6.14. The molecule has 31 heavy (non-hydrogen) atoms. The van der Waals surface area contributed by atoms with Gasteiger partial charge in [-0.25, -0.2) is 10.0 Å². The van der Waals surface area contributed by atoms with Crippen molar-refractivity contribution in [1.82, 2.24) is 14.9 Å². The molecule has 2 saturated heterocycles. The number of aromatic nitrogens is 1. The molecular formula is C23H27N3O4S. The van der Waals surface area contributed by atoms with Gasteiger partial charge in [0.05, 0.1) is 25.2 Å².